The maximum absolute atomic E-state index is 13.6. The number of nitrogens with zero attached hydrogens (tertiary/aromatic N) is 2. The normalized spacial score (nSPS) is 17.3. The van der Waals surface area contributed by atoms with Crippen LogP contribution in [0.2, 0.25) is 0 Å². The number of rotatable bonds is 5. The average Bonchev–Trinajstić information content (AvgIpc) is 3.09. The van der Waals surface area contributed by atoms with E-state index in [1.54, 1.807) is 24.3 Å². The van der Waals surface area contributed by atoms with Crippen LogP contribution >= 0.6 is 0 Å². The van der Waals surface area contributed by atoms with Crippen LogP contribution < -0.4 is 9.64 Å². The van der Waals surface area contributed by atoms with Gasteiger partial charge in [-0.15, -0.1) is 0 Å². The summed E-state index contributed by atoms with van der Waals surface area (Å²) in [4.78, 5) is 37.6. The van der Waals surface area contributed by atoms with Gasteiger partial charge in [0.2, 0.25) is 0 Å². The fourth-order valence-corrected chi connectivity index (χ4v) is 3.70. The van der Waals surface area contributed by atoms with Gasteiger partial charge in [-0.2, -0.15) is 0 Å². The minimum Gasteiger partial charge on any atom is -0.507 e. The van der Waals surface area contributed by atoms with E-state index in [9.17, 15) is 29.2 Å². The van der Waals surface area contributed by atoms with Gasteiger partial charge in [-0.25, -0.2) is 4.39 Å². The highest BCUT2D eigenvalue weighted by Gasteiger charge is 2.47. The second-order valence-corrected chi connectivity index (χ2v) is 7.22. The van der Waals surface area contributed by atoms with Gasteiger partial charge in [0.15, 0.2) is 0 Å². The van der Waals surface area contributed by atoms with Crippen molar-refractivity contribution >= 4 is 28.8 Å². The summed E-state index contributed by atoms with van der Waals surface area (Å²) >= 11 is 0. The number of anilines is 1. The lowest BCUT2D eigenvalue weighted by molar-refractivity contribution is -0.384. The first-order valence-corrected chi connectivity index (χ1v) is 9.77. The highest BCUT2D eigenvalue weighted by molar-refractivity contribution is 6.51. The number of ketones is 1. The maximum atomic E-state index is 13.6. The first kappa shape index (κ1) is 21.7. The van der Waals surface area contributed by atoms with E-state index in [-0.39, 0.29) is 16.8 Å². The Morgan fingerprint density at radius 1 is 1.00 bits per heavy atom. The van der Waals surface area contributed by atoms with Gasteiger partial charge in [-0.3, -0.25) is 24.6 Å². The molecule has 1 aliphatic rings. The minimum atomic E-state index is -1.05. The summed E-state index contributed by atoms with van der Waals surface area (Å²) in [5.41, 5.74) is 0.488. The number of hydrogen-bond donors (Lipinski definition) is 1. The molecule has 1 aliphatic heterocycles. The zero-order valence-electron chi connectivity index (χ0n) is 17.3. The van der Waals surface area contributed by atoms with Gasteiger partial charge < -0.3 is 9.84 Å². The number of hydrogen-bond acceptors (Lipinski definition) is 6. The van der Waals surface area contributed by atoms with Crippen LogP contribution in [-0.2, 0) is 9.59 Å². The molecule has 1 N–H and O–H groups in total. The van der Waals surface area contributed by atoms with Crippen LogP contribution in [0.15, 0.2) is 78.4 Å². The topological polar surface area (TPSA) is 110 Å². The molecule has 3 aromatic carbocycles. The first-order valence-electron chi connectivity index (χ1n) is 9.77. The summed E-state index contributed by atoms with van der Waals surface area (Å²) < 4.78 is 18.7. The Kier molecular flexibility index (Phi) is 5.61. The third-order valence-electron chi connectivity index (χ3n) is 5.33. The summed E-state index contributed by atoms with van der Waals surface area (Å²) in [5.74, 6) is -2.27. The van der Waals surface area contributed by atoms with Crippen molar-refractivity contribution in [1.82, 2.24) is 0 Å². The summed E-state index contributed by atoms with van der Waals surface area (Å²) in [5, 5.41) is 21.9. The summed E-state index contributed by atoms with van der Waals surface area (Å²) in [7, 11) is 1.49. The summed E-state index contributed by atoms with van der Waals surface area (Å²) in [6, 6.07) is 15.5. The van der Waals surface area contributed by atoms with E-state index in [4.69, 9.17) is 4.74 Å². The highest BCUT2D eigenvalue weighted by atomic mass is 19.1. The number of carbonyl (C=O) groups is 2. The van der Waals surface area contributed by atoms with Crippen molar-refractivity contribution in [1.29, 1.82) is 0 Å². The Morgan fingerprint density at radius 2 is 1.61 bits per heavy atom. The molecule has 4 rings (SSSR count). The number of halogens is 1. The number of Topliss-reactive ketones (excluding diaryl/α,β-unsaturated/α-hetero) is 1. The molecule has 33 heavy (non-hydrogen) atoms. The third kappa shape index (κ3) is 3.91. The summed E-state index contributed by atoms with van der Waals surface area (Å²) in [6.07, 6.45) is 0. The van der Waals surface area contributed by atoms with Crippen LogP contribution in [0, 0.1) is 15.9 Å². The van der Waals surface area contributed by atoms with Crippen molar-refractivity contribution in [3.05, 3.63) is 105 Å². The van der Waals surface area contributed by atoms with Gasteiger partial charge in [-0.1, -0.05) is 12.1 Å². The Bertz CT molecular complexity index is 1270. The molecular weight excluding hydrogens is 431 g/mol. The molecule has 0 radical (unpaired) electrons. The first-order chi connectivity index (χ1) is 15.8. The maximum Gasteiger partial charge on any atom is 0.300 e. The number of aliphatic hydroxyl groups excluding tert-OH is 1. The molecule has 1 saturated heterocycles. The lowest BCUT2D eigenvalue weighted by atomic mass is 9.95. The van der Waals surface area contributed by atoms with Crippen LogP contribution in [0.3, 0.4) is 0 Å². The van der Waals surface area contributed by atoms with Crippen molar-refractivity contribution in [3.63, 3.8) is 0 Å². The molecular formula is C24H17FN2O6. The minimum absolute atomic E-state index is 0.125. The second kappa shape index (κ2) is 8.54. The van der Waals surface area contributed by atoms with Gasteiger partial charge in [0.05, 0.1) is 23.6 Å². The van der Waals surface area contributed by atoms with E-state index in [0.29, 0.717) is 17.0 Å². The monoisotopic (exact) mass is 448 g/mol. The average molecular weight is 448 g/mol. The molecule has 0 aromatic heterocycles. The zero-order valence-corrected chi connectivity index (χ0v) is 17.3. The van der Waals surface area contributed by atoms with Crippen molar-refractivity contribution in [3.8, 4) is 5.75 Å². The van der Waals surface area contributed by atoms with Gasteiger partial charge >= 0.3 is 0 Å². The summed E-state index contributed by atoms with van der Waals surface area (Å²) in [6.45, 7) is 0. The molecule has 3 aromatic rings. The molecule has 0 saturated carbocycles. The van der Waals surface area contributed by atoms with E-state index >= 15 is 0 Å². The van der Waals surface area contributed by atoms with Crippen molar-refractivity contribution < 1.29 is 28.7 Å². The quantitative estimate of drug-likeness (QED) is 0.204. The predicted octanol–water partition coefficient (Wildman–Crippen LogP) is 4.37. The van der Waals surface area contributed by atoms with Crippen molar-refractivity contribution in [2.75, 3.05) is 12.0 Å². The van der Waals surface area contributed by atoms with Gasteiger partial charge in [-0.05, 0) is 54.1 Å². The number of methoxy groups -OCH3 is 1. The molecule has 1 heterocycles. The molecule has 0 spiro atoms. The number of benzene rings is 3. The van der Waals surface area contributed by atoms with E-state index in [2.05, 4.69) is 0 Å². The Hall–Kier alpha value is -4.53. The molecule has 1 atom stereocenters. The van der Waals surface area contributed by atoms with E-state index in [1.165, 1.54) is 60.5 Å². The smallest absolute Gasteiger partial charge is 0.300 e. The number of amides is 1. The molecule has 8 nitrogen and oxygen atoms in total. The lowest BCUT2D eigenvalue weighted by Gasteiger charge is -2.25. The SMILES string of the molecule is COc1ccc(N2C(=O)C(=O)/C(=C(/O)c3ccc([N+](=O)[O-])cc3)C2c2ccc(F)cc2)cc1. The molecule has 1 fully saturated rings. The third-order valence-corrected chi connectivity index (χ3v) is 5.33. The number of ether oxygens (including phenoxy) is 1. The number of non-ortho nitro benzene ring substituents is 1. The van der Waals surface area contributed by atoms with Crippen LogP contribution in [0.4, 0.5) is 15.8 Å². The largest absolute Gasteiger partial charge is 0.507 e. The molecule has 0 aliphatic carbocycles. The fraction of sp³-hybridized carbons (Fsp3) is 0.0833. The number of carbonyl (C=O) groups excluding carboxylic acids is 2. The van der Waals surface area contributed by atoms with Crippen LogP contribution in [0.5, 0.6) is 5.75 Å². The van der Waals surface area contributed by atoms with E-state index < -0.39 is 34.2 Å². The fourth-order valence-electron chi connectivity index (χ4n) is 3.70. The molecule has 1 unspecified atom stereocenters. The van der Waals surface area contributed by atoms with Gasteiger partial charge in [0.1, 0.15) is 17.3 Å². The zero-order chi connectivity index (χ0) is 23.7. The van der Waals surface area contributed by atoms with Gasteiger partial charge in [0, 0.05) is 23.4 Å². The van der Waals surface area contributed by atoms with E-state index in [1.807, 2.05) is 0 Å². The van der Waals surface area contributed by atoms with Crippen LogP contribution in [0.25, 0.3) is 5.76 Å². The number of nitro groups is 1. The Labute approximate surface area is 187 Å². The Balaban J connectivity index is 1.89. The number of aliphatic hydroxyl groups is 1. The molecule has 1 amide bonds. The van der Waals surface area contributed by atoms with Crippen LogP contribution in [0.1, 0.15) is 17.2 Å². The lowest BCUT2D eigenvalue weighted by Crippen LogP contribution is -2.29. The molecule has 166 valence electrons. The van der Waals surface area contributed by atoms with E-state index in [0.717, 1.165) is 0 Å². The Morgan fingerprint density at radius 3 is 2.15 bits per heavy atom. The molecule has 0 bridgehead atoms. The second-order valence-electron chi connectivity index (χ2n) is 7.22. The van der Waals surface area contributed by atoms with Crippen molar-refractivity contribution in [2.24, 2.45) is 0 Å². The predicted molar refractivity (Wildman–Crippen MR) is 117 cm³/mol. The molecule has 9 heteroatoms. The number of nitro benzene ring substituents is 1. The van der Waals surface area contributed by atoms with Crippen molar-refractivity contribution in [2.45, 2.75) is 6.04 Å². The van der Waals surface area contributed by atoms with Gasteiger partial charge in [0.25, 0.3) is 17.4 Å². The van der Waals surface area contributed by atoms with Crippen LogP contribution in [-0.4, -0.2) is 28.8 Å². The standard InChI is InChI=1S/C24H17FN2O6/c1-33-19-12-10-17(11-13-19)26-21(14-2-6-16(25)7-3-14)20(23(29)24(26)30)22(28)15-4-8-18(9-5-15)27(31)32/h2-13,21,28H,1H3/b22-20+. The highest BCUT2D eigenvalue weighted by Crippen LogP contribution is 2.42.